The van der Waals surface area contributed by atoms with Gasteiger partial charge in [0.25, 0.3) is 5.91 Å². The summed E-state index contributed by atoms with van der Waals surface area (Å²) < 4.78 is 6.28. The van der Waals surface area contributed by atoms with E-state index in [9.17, 15) is 4.79 Å². The first kappa shape index (κ1) is 15.4. The summed E-state index contributed by atoms with van der Waals surface area (Å²) in [5.41, 5.74) is 0.665. The molecule has 4 heteroatoms. The number of halogens is 1. The minimum Gasteiger partial charge on any atom is -0.496 e. The van der Waals surface area contributed by atoms with Gasteiger partial charge >= 0.3 is 0 Å². The SMILES string of the molecule is CCCC1CCCCN1C(=O)c1ccc(Br)cc1OC. The average molecular weight is 340 g/mol. The maximum absolute atomic E-state index is 12.8. The van der Waals surface area contributed by atoms with Crippen LogP contribution in [0, 0.1) is 0 Å². The molecular weight excluding hydrogens is 318 g/mol. The standard InChI is InChI=1S/C16H22BrNO2/c1-3-6-13-7-4-5-10-18(13)16(19)14-9-8-12(17)11-15(14)20-2/h8-9,11,13H,3-7,10H2,1-2H3. The van der Waals surface area contributed by atoms with E-state index in [-0.39, 0.29) is 5.91 Å². The van der Waals surface area contributed by atoms with Crippen LogP contribution < -0.4 is 4.74 Å². The third-order valence-corrected chi connectivity index (χ3v) is 4.40. The fourth-order valence-electron chi connectivity index (χ4n) is 2.90. The van der Waals surface area contributed by atoms with Crippen LogP contribution in [-0.2, 0) is 0 Å². The van der Waals surface area contributed by atoms with Gasteiger partial charge in [0.2, 0.25) is 0 Å². The summed E-state index contributed by atoms with van der Waals surface area (Å²) in [7, 11) is 1.61. The molecule has 0 aliphatic carbocycles. The van der Waals surface area contributed by atoms with Crippen molar-refractivity contribution in [3.8, 4) is 5.75 Å². The first-order valence-corrected chi connectivity index (χ1v) is 8.11. The topological polar surface area (TPSA) is 29.5 Å². The van der Waals surface area contributed by atoms with E-state index in [1.165, 1.54) is 6.42 Å². The van der Waals surface area contributed by atoms with E-state index in [1.54, 1.807) is 7.11 Å². The highest BCUT2D eigenvalue weighted by molar-refractivity contribution is 9.10. The van der Waals surface area contributed by atoms with E-state index < -0.39 is 0 Å². The van der Waals surface area contributed by atoms with Gasteiger partial charge in [0.15, 0.2) is 0 Å². The van der Waals surface area contributed by atoms with Crippen LogP contribution >= 0.6 is 15.9 Å². The number of carbonyl (C=O) groups is 1. The van der Waals surface area contributed by atoms with Gasteiger partial charge in [0, 0.05) is 17.1 Å². The maximum Gasteiger partial charge on any atom is 0.257 e. The summed E-state index contributed by atoms with van der Waals surface area (Å²) in [6.45, 7) is 3.04. The van der Waals surface area contributed by atoms with Crippen molar-refractivity contribution in [2.45, 2.75) is 45.1 Å². The van der Waals surface area contributed by atoms with Gasteiger partial charge < -0.3 is 9.64 Å². The molecule has 20 heavy (non-hydrogen) atoms. The number of hydrogen-bond donors (Lipinski definition) is 0. The molecule has 0 saturated carbocycles. The van der Waals surface area contributed by atoms with Gasteiger partial charge in [-0.3, -0.25) is 4.79 Å². The predicted molar refractivity (Wildman–Crippen MR) is 84.3 cm³/mol. The van der Waals surface area contributed by atoms with Gasteiger partial charge in [-0.05, 0) is 43.9 Å². The molecule has 3 nitrogen and oxygen atoms in total. The number of rotatable bonds is 4. The van der Waals surface area contributed by atoms with Crippen LogP contribution in [0.5, 0.6) is 5.75 Å². The molecule has 1 heterocycles. The van der Waals surface area contributed by atoms with Crippen LogP contribution in [0.15, 0.2) is 22.7 Å². The van der Waals surface area contributed by atoms with Gasteiger partial charge in [-0.1, -0.05) is 29.3 Å². The van der Waals surface area contributed by atoms with Crippen molar-refractivity contribution in [1.82, 2.24) is 4.90 Å². The zero-order chi connectivity index (χ0) is 14.5. The molecule has 1 aliphatic heterocycles. The zero-order valence-electron chi connectivity index (χ0n) is 12.2. The Bertz CT molecular complexity index is 474. The lowest BCUT2D eigenvalue weighted by atomic mass is 9.97. The summed E-state index contributed by atoms with van der Waals surface area (Å²) >= 11 is 3.41. The molecule has 1 unspecified atom stereocenters. The molecule has 0 radical (unpaired) electrons. The van der Waals surface area contributed by atoms with E-state index in [0.29, 0.717) is 17.4 Å². The number of methoxy groups -OCH3 is 1. The van der Waals surface area contributed by atoms with Gasteiger partial charge in [-0.25, -0.2) is 0 Å². The van der Waals surface area contributed by atoms with Gasteiger partial charge in [0.1, 0.15) is 5.75 Å². The van der Waals surface area contributed by atoms with Crippen molar-refractivity contribution in [1.29, 1.82) is 0 Å². The Hall–Kier alpha value is -1.03. The lowest BCUT2D eigenvalue weighted by Crippen LogP contribution is -2.43. The molecular formula is C16H22BrNO2. The molecule has 0 bridgehead atoms. The van der Waals surface area contributed by atoms with Crippen LogP contribution in [0.25, 0.3) is 0 Å². The minimum atomic E-state index is 0.104. The van der Waals surface area contributed by atoms with Crippen LogP contribution in [0.4, 0.5) is 0 Å². The van der Waals surface area contributed by atoms with E-state index in [0.717, 1.165) is 36.7 Å². The van der Waals surface area contributed by atoms with Gasteiger partial charge in [-0.2, -0.15) is 0 Å². The molecule has 1 aromatic carbocycles. The first-order valence-electron chi connectivity index (χ1n) is 7.32. The number of hydrogen-bond acceptors (Lipinski definition) is 2. The Labute approximate surface area is 129 Å². The van der Waals surface area contributed by atoms with Crippen molar-refractivity contribution in [2.24, 2.45) is 0 Å². The van der Waals surface area contributed by atoms with Crippen LogP contribution in [0.1, 0.15) is 49.4 Å². The molecule has 1 aromatic rings. The van der Waals surface area contributed by atoms with E-state index in [1.807, 2.05) is 23.1 Å². The van der Waals surface area contributed by atoms with Crippen molar-refractivity contribution in [3.05, 3.63) is 28.2 Å². The second-order valence-electron chi connectivity index (χ2n) is 5.28. The molecule has 2 rings (SSSR count). The van der Waals surface area contributed by atoms with E-state index >= 15 is 0 Å². The fraction of sp³-hybridized carbons (Fsp3) is 0.562. The molecule has 1 atom stereocenters. The Kier molecular flexibility index (Phi) is 5.46. The molecule has 1 saturated heterocycles. The Morgan fingerprint density at radius 2 is 2.25 bits per heavy atom. The summed E-state index contributed by atoms with van der Waals surface area (Å²) in [5, 5.41) is 0. The van der Waals surface area contributed by atoms with Crippen LogP contribution in [0.2, 0.25) is 0 Å². The van der Waals surface area contributed by atoms with Crippen molar-refractivity contribution in [2.75, 3.05) is 13.7 Å². The predicted octanol–water partition coefficient (Wildman–Crippen LogP) is 4.25. The van der Waals surface area contributed by atoms with Crippen LogP contribution in [0.3, 0.4) is 0 Å². The molecule has 1 amide bonds. The molecule has 1 aliphatic rings. The molecule has 0 aromatic heterocycles. The Morgan fingerprint density at radius 3 is 2.95 bits per heavy atom. The third kappa shape index (κ3) is 3.35. The number of nitrogens with zero attached hydrogens (tertiary/aromatic N) is 1. The van der Waals surface area contributed by atoms with Gasteiger partial charge in [0.05, 0.1) is 12.7 Å². The summed E-state index contributed by atoms with van der Waals surface area (Å²) in [6, 6.07) is 5.98. The quantitative estimate of drug-likeness (QED) is 0.820. The number of likely N-dealkylation sites (tertiary alicyclic amines) is 1. The summed E-state index contributed by atoms with van der Waals surface area (Å²) in [6.07, 6.45) is 5.66. The van der Waals surface area contributed by atoms with Crippen molar-refractivity contribution in [3.63, 3.8) is 0 Å². The molecule has 0 spiro atoms. The number of carbonyl (C=O) groups excluding carboxylic acids is 1. The molecule has 110 valence electrons. The minimum absolute atomic E-state index is 0.104. The van der Waals surface area contributed by atoms with Gasteiger partial charge in [-0.15, -0.1) is 0 Å². The molecule has 0 N–H and O–H groups in total. The highest BCUT2D eigenvalue weighted by atomic mass is 79.9. The number of benzene rings is 1. The summed E-state index contributed by atoms with van der Waals surface area (Å²) in [4.78, 5) is 14.8. The fourth-order valence-corrected chi connectivity index (χ4v) is 3.24. The smallest absolute Gasteiger partial charge is 0.257 e. The average Bonchev–Trinajstić information content (AvgIpc) is 2.47. The van der Waals surface area contributed by atoms with E-state index in [4.69, 9.17) is 4.74 Å². The van der Waals surface area contributed by atoms with E-state index in [2.05, 4.69) is 22.9 Å². The lowest BCUT2D eigenvalue weighted by molar-refractivity contribution is 0.0597. The second-order valence-corrected chi connectivity index (χ2v) is 6.20. The van der Waals surface area contributed by atoms with Crippen molar-refractivity contribution >= 4 is 21.8 Å². The second kappa shape index (κ2) is 7.11. The highest BCUT2D eigenvalue weighted by Crippen LogP contribution is 2.28. The molecule has 1 fully saturated rings. The lowest BCUT2D eigenvalue weighted by Gasteiger charge is -2.36. The highest BCUT2D eigenvalue weighted by Gasteiger charge is 2.28. The number of amides is 1. The zero-order valence-corrected chi connectivity index (χ0v) is 13.8. The largest absolute Gasteiger partial charge is 0.496 e. The number of ether oxygens (including phenoxy) is 1. The first-order chi connectivity index (χ1) is 9.67. The summed E-state index contributed by atoms with van der Waals surface area (Å²) in [5.74, 6) is 0.748. The third-order valence-electron chi connectivity index (χ3n) is 3.90. The Morgan fingerprint density at radius 1 is 1.45 bits per heavy atom. The Balaban J connectivity index is 2.24. The van der Waals surface area contributed by atoms with Crippen molar-refractivity contribution < 1.29 is 9.53 Å². The number of piperidine rings is 1. The van der Waals surface area contributed by atoms with Crippen LogP contribution in [-0.4, -0.2) is 30.5 Å². The maximum atomic E-state index is 12.8. The monoisotopic (exact) mass is 339 g/mol. The normalized spacial score (nSPS) is 18.9.